The number of rotatable bonds is 7. The van der Waals surface area contributed by atoms with Gasteiger partial charge in [0, 0.05) is 30.7 Å². The normalized spacial score (nSPS) is 20.5. The van der Waals surface area contributed by atoms with Crippen molar-refractivity contribution in [2.24, 2.45) is 5.92 Å². The zero-order valence-electron chi connectivity index (χ0n) is 18.7. The van der Waals surface area contributed by atoms with Crippen molar-refractivity contribution in [2.75, 3.05) is 32.8 Å². The van der Waals surface area contributed by atoms with E-state index in [0.717, 1.165) is 44.7 Å². The number of hydrogen-bond acceptors (Lipinski definition) is 4. The van der Waals surface area contributed by atoms with Gasteiger partial charge in [-0.3, -0.25) is 14.5 Å². The number of carbonyl (C=O) groups is 2. The fourth-order valence-corrected chi connectivity index (χ4v) is 4.68. The molecule has 3 rings (SSSR count). The predicted octanol–water partition coefficient (Wildman–Crippen LogP) is 2.90. The van der Waals surface area contributed by atoms with Gasteiger partial charge in [-0.15, -0.1) is 0 Å². The number of nitrogens with one attached hydrogen (secondary N) is 2. The van der Waals surface area contributed by atoms with E-state index in [0.29, 0.717) is 12.1 Å². The van der Waals surface area contributed by atoms with Crippen molar-refractivity contribution in [3.63, 3.8) is 0 Å². The molecule has 1 aliphatic heterocycles. The van der Waals surface area contributed by atoms with Crippen molar-refractivity contribution in [2.45, 2.75) is 64.5 Å². The van der Waals surface area contributed by atoms with Gasteiger partial charge in [0.25, 0.3) is 5.91 Å². The van der Waals surface area contributed by atoms with E-state index >= 15 is 0 Å². The summed E-state index contributed by atoms with van der Waals surface area (Å²) in [5, 5.41) is 6.15. The highest BCUT2D eigenvalue weighted by atomic mass is 16.5. The van der Waals surface area contributed by atoms with Gasteiger partial charge in [-0.25, -0.2) is 0 Å². The molecule has 2 amide bonds. The van der Waals surface area contributed by atoms with E-state index in [1.165, 1.54) is 19.3 Å². The van der Waals surface area contributed by atoms with Crippen molar-refractivity contribution in [1.82, 2.24) is 15.5 Å². The van der Waals surface area contributed by atoms with Crippen molar-refractivity contribution >= 4 is 11.8 Å². The van der Waals surface area contributed by atoms with Crippen molar-refractivity contribution < 1.29 is 14.3 Å². The first-order valence-electron chi connectivity index (χ1n) is 11.4. The Morgan fingerprint density at radius 1 is 1.07 bits per heavy atom. The summed E-state index contributed by atoms with van der Waals surface area (Å²) in [5.74, 6) is -0.293. The molecule has 6 heteroatoms. The molecule has 1 saturated heterocycles. The first-order valence-corrected chi connectivity index (χ1v) is 11.4. The molecule has 0 aromatic heterocycles. The third-order valence-electron chi connectivity index (χ3n) is 6.61. The van der Waals surface area contributed by atoms with Crippen LogP contribution in [0.2, 0.25) is 0 Å². The molecule has 0 radical (unpaired) electrons. The fraction of sp³-hybridized carbons (Fsp3) is 0.667. The average molecular weight is 416 g/mol. The maximum absolute atomic E-state index is 13.1. The van der Waals surface area contributed by atoms with Crippen LogP contribution >= 0.6 is 0 Å². The minimum Gasteiger partial charge on any atom is -0.379 e. The fourth-order valence-electron chi connectivity index (χ4n) is 4.68. The second-order valence-electron chi connectivity index (χ2n) is 9.16. The third-order valence-corrected chi connectivity index (χ3v) is 6.61. The summed E-state index contributed by atoms with van der Waals surface area (Å²) in [4.78, 5) is 28.3. The molecule has 1 aliphatic carbocycles. The van der Waals surface area contributed by atoms with E-state index in [2.05, 4.69) is 15.5 Å². The molecule has 2 fully saturated rings. The van der Waals surface area contributed by atoms with Gasteiger partial charge in [-0.05, 0) is 37.8 Å². The van der Waals surface area contributed by atoms with Crippen LogP contribution in [-0.4, -0.2) is 61.1 Å². The van der Waals surface area contributed by atoms with E-state index in [9.17, 15) is 9.59 Å². The van der Waals surface area contributed by atoms with Crippen LogP contribution in [0.4, 0.5) is 0 Å². The number of carbonyl (C=O) groups excluding carboxylic acids is 2. The quantitative estimate of drug-likeness (QED) is 0.718. The van der Waals surface area contributed by atoms with E-state index in [1.54, 1.807) is 12.1 Å². The average Bonchev–Trinajstić information content (AvgIpc) is 2.77. The number of benzene rings is 1. The summed E-state index contributed by atoms with van der Waals surface area (Å²) in [5.41, 5.74) is 1.70. The molecule has 6 nitrogen and oxygen atoms in total. The van der Waals surface area contributed by atoms with Crippen LogP contribution in [0, 0.1) is 12.8 Å². The van der Waals surface area contributed by atoms with Gasteiger partial charge in [0.1, 0.15) is 6.04 Å². The van der Waals surface area contributed by atoms with Crippen LogP contribution in [0.15, 0.2) is 24.3 Å². The zero-order chi connectivity index (χ0) is 21.6. The van der Waals surface area contributed by atoms with E-state index < -0.39 is 6.04 Å². The maximum Gasteiger partial charge on any atom is 0.251 e. The number of hydrogen-bond donors (Lipinski definition) is 2. The van der Waals surface area contributed by atoms with Gasteiger partial charge in [0.2, 0.25) is 5.91 Å². The Morgan fingerprint density at radius 3 is 2.30 bits per heavy atom. The Morgan fingerprint density at radius 2 is 1.70 bits per heavy atom. The van der Waals surface area contributed by atoms with Crippen molar-refractivity contribution in [3.05, 3.63) is 35.4 Å². The number of morpholine rings is 1. The molecule has 1 unspecified atom stereocenters. The molecule has 1 atom stereocenters. The molecule has 2 N–H and O–H groups in total. The van der Waals surface area contributed by atoms with Gasteiger partial charge in [-0.1, -0.05) is 50.8 Å². The monoisotopic (exact) mass is 415 g/mol. The van der Waals surface area contributed by atoms with Crippen LogP contribution in [0.5, 0.6) is 0 Å². The molecule has 30 heavy (non-hydrogen) atoms. The second kappa shape index (κ2) is 10.4. The summed E-state index contributed by atoms with van der Waals surface area (Å²) in [6, 6.07) is 6.87. The summed E-state index contributed by atoms with van der Waals surface area (Å²) in [6.07, 6.45) is 5.88. The summed E-state index contributed by atoms with van der Waals surface area (Å²) in [6.45, 7) is 9.93. The second-order valence-corrected chi connectivity index (χ2v) is 9.16. The highest BCUT2D eigenvalue weighted by Crippen LogP contribution is 2.34. The van der Waals surface area contributed by atoms with Crippen LogP contribution in [0.3, 0.4) is 0 Å². The Labute approximate surface area is 180 Å². The first-order chi connectivity index (χ1) is 14.4. The number of amides is 2. The molecular formula is C24H37N3O3. The molecule has 0 bridgehead atoms. The maximum atomic E-state index is 13.1. The Bertz CT molecular complexity index is 705. The van der Waals surface area contributed by atoms with E-state index in [4.69, 9.17) is 4.74 Å². The van der Waals surface area contributed by atoms with Crippen LogP contribution in [0.25, 0.3) is 0 Å². The lowest BCUT2D eigenvalue weighted by atomic mass is 9.79. The highest BCUT2D eigenvalue weighted by molar-refractivity contribution is 5.97. The smallest absolute Gasteiger partial charge is 0.251 e. The van der Waals surface area contributed by atoms with Gasteiger partial charge >= 0.3 is 0 Å². The summed E-state index contributed by atoms with van der Waals surface area (Å²) >= 11 is 0. The molecule has 1 aromatic rings. The van der Waals surface area contributed by atoms with Crippen LogP contribution in [-0.2, 0) is 9.53 Å². The molecular weight excluding hydrogens is 378 g/mol. The lowest BCUT2D eigenvalue weighted by molar-refractivity contribution is -0.125. The van der Waals surface area contributed by atoms with Crippen LogP contribution in [0.1, 0.15) is 61.9 Å². The van der Waals surface area contributed by atoms with Crippen molar-refractivity contribution in [3.8, 4) is 0 Å². The van der Waals surface area contributed by atoms with E-state index in [1.807, 2.05) is 32.9 Å². The minimum atomic E-state index is -0.552. The molecule has 166 valence electrons. The van der Waals surface area contributed by atoms with Crippen molar-refractivity contribution in [1.29, 1.82) is 0 Å². The number of aryl methyl sites for hydroxylation is 1. The topological polar surface area (TPSA) is 70.7 Å². The third kappa shape index (κ3) is 5.61. The van der Waals surface area contributed by atoms with Crippen LogP contribution < -0.4 is 10.6 Å². The van der Waals surface area contributed by atoms with Gasteiger partial charge in [0.05, 0.1) is 13.2 Å². The zero-order valence-corrected chi connectivity index (χ0v) is 18.7. The molecule has 0 spiro atoms. The Hall–Kier alpha value is -1.92. The van der Waals surface area contributed by atoms with E-state index in [-0.39, 0.29) is 23.3 Å². The molecule has 1 heterocycles. The Balaban J connectivity index is 1.64. The summed E-state index contributed by atoms with van der Waals surface area (Å²) < 4.78 is 5.55. The van der Waals surface area contributed by atoms with Gasteiger partial charge < -0.3 is 15.4 Å². The summed E-state index contributed by atoms with van der Waals surface area (Å²) in [7, 11) is 0. The standard InChI is InChI=1S/C24H37N3O3/c1-18(2)21(26-22(28)20-9-7-19(3)8-10-20)23(29)25-17-24(11-5-4-6-12-24)27-13-15-30-16-14-27/h7-10,18,21H,4-6,11-17H2,1-3H3,(H,25,29)(H,26,28). The highest BCUT2D eigenvalue weighted by Gasteiger charge is 2.39. The molecule has 1 saturated carbocycles. The lowest BCUT2D eigenvalue weighted by Gasteiger charge is -2.48. The Kier molecular flexibility index (Phi) is 7.89. The predicted molar refractivity (Wildman–Crippen MR) is 118 cm³/mol. The molecule has 2 aliphatic rings. The number of nitrogens with zero attached hydrogens (tertiary/aromatic N) is 1. The largest absolute Gasteiger partial charge is 0.379 e. The number of ether oxygens (including phenoxy) is 1. The lowest BCUT2D eigenvalue weighted by Crippen LogP contribution is -2.61. The SMILES string of the molecule is Cc1ccc(C(=O)NC(C(=O)NCC2(N3CCOCC3)CCCCC2)C(C)C)cc1. The molecule has 1 aromatic carbocycles. The van der Waals surface area contributed by atoms with Gasteiger partial charge in [0.15, 0.2) is 0 Å². The van der Waals surface area contributed by atoms with Gasteiger partial charge in [-0.2, -0.15) is 0 Å². The minimum absolute atomic E-state index is 0.00471. The first kappa shape index (κ1) is 22.8.